The Morgan fingerprint density at radius 3 is 2.42 bits per heavy atom. The molecule has 1 rings (SSSR count). The van der Waals surface area contributed by atoms with Gasteiger partial charge in [0.05, 0.1) is 12.7 Å². The molecule has 1 atom stereocenters. The van der Waals surface area contributed by atoms with Crippen LogP contribution >= 0.6 is 15.9 Å². The van der Waals surface area contributed by atoms with Crippen molar-refractivity contribution >= 4 is 27.6 Å². The number of benzene rings is 1. The van der Waals surface area contributed by atoms with E-state index in [2.05, 4.69) is 15.9 Å². The molecule has 0 aliphatic heterocycles. The Kier molecular flexibility index (Phi) is 4.98. The van der Waals surface area contributed by atoms with Crippen molar-refractivity contribution in [1.82, 2.24) is 0 Å². The lowest BCUT2D eigenvalue weighted by Crippen LogP contribution is -2.29. The molecular weight excluding hydrogens is 310 g/mol. The van der Waals surface area contributed by atoms with Crippen LogP contribution in [0, 0.1) is 6.92 Å². The fourth-order valence-electron chi connectivity index (χ4n) is 1.72. The van der Waals surface area contributed by atoms with Gasteiger partial charge in [0, 0.05) is 15.7 Å². The maximum atomic E-state index is 12.0. The average molecular weight is 330 g/mol. The molecule has 2 N–H and O–H groups in total. The molecule has 0 saturated carbocycles. The molecule has 4 nitrogen and oxygen atoms in total. The Morgan fingerprint density at radius 1 is 1.37 bits per heavy atom. The number of ether oxygens (including phenoxy) is 2. The Balaban J connectivity index is 3.33. The normalized spacial score (nSPS) is 13.2. The zero-order valence-electron chi connectivity index (χ0n) is 11.9. The number of halogens is 1. The monoisotopic (exact) mass is 329 g/mol. The molecule has 0 aliphatic rings. The van der Waals surface area contributed by atoms with E-state index in [4.69, 9.17) is 15.2 Å². The number of nitrogens with two attached hydrogens (primary N) is 1. The van der Waals surface area contributed by atoms with Crippen LogP contribution in [0.4, 0.5) is 5.69 Å². The Labute approximate surface area is 122 Å². The van der Waals surface area contributed by atoms with E-state index in [9.17, 15) is 4.79 Å². The first kappa shape index (κ1) is 16.0. The minimum absolute atomic E-state index is 0.440. The highest BCUT2D eigenvalue weighted by molar-refractivity contribution is 9.10. The first-order chi connectivity index (χ1) is 8.67. The zero-order valence-corrected chi connectivity index (χ0v) is 13.5. The van der Waals surface area contributed by atoms with E-state index in [1.165, 1.54) is 7.11 Å². The summed E-state index contributed by atoms with van der Waals surface area (Å²) in [5.41, 5.74) is 7.57. The van der Waals surface area contributed by atoms with Crippen LogP contribution < -0.4 is 5.73 Å². The van der Waals surface area contributed by atoms with E-state index in [1.54, 1.807) is 12.1 Å². The first-order valence-electron chi connectivity index (χ1n) is 5.97. The summed E-state index contributed by atoms with van der Waals surface area (Å²) in [6.45, 7) is 7.52. The van der Waals surface area contributed by atoms with Gasteiger partial charge in [0.2, 0.25) is 0 Å². The van der Waals surface area contributed by atoms with Gasteiger partial charge in [-0.1, -0.05) is 15.9 Å². The van der Waals surface area contributed by atoms with Crippen LogP contribution in [0.3, 0.4) is 0 Å². The highest BCUT2D eigenvalue weighted by atomic mass is 79.9. The SMILES string of the molecule is COC(=O)C(OC(C)(C)C)c1c(Br)ccc(N)c1C. The fraction of sp³-hybridized carbons (Fsp3) is 0.500. The second kappa shape index (κ2) is 5.92. The van der Waals surface area contributed by atoms with Crippen LogP contribution in [0.15, 0.2) is 16.6 Å². The van der Waals surface area contributed by atoms with Gasteiger partial charge in [0.25, 0.3) is 0 Å². The number of anilines is 1. The van der Waals surface area contributed by atoms with Crippen LogP contribution in [-0.2, 0) is 14.3 Å². The number of hydrogen-bond acceptors (Lipinski definition) is 4. The second-order valence-corrected chi connectivity index (χ2v) is 6.16. The van der Waals surface area contributed by atoms with E-state index in [0.717, 1.165) is 10.0 Å². The van der Waals surface area contributed by atoms with Crippen molar-refractivity contribution in [1.29, 1.82) is 0 Å². The largest absolute Gasteiger partial charge is 0.467 e. The number of rotatable bonds is 3. The van der Waals surface area contributed by atoms with Gasteiger partial charge in [-0.3, -0.25) is 0 Å². The molecule has 1 aromatic carbocycles. The van der Waals surface area contributed by atoms with Gasteiger partial charge in [-0.05, 0) is 45.4 Å². The molecule has 106 valence electrons. The van der Waals surface area contributed by atoms with Gasteiger partial charge in [-0.25, -0.2) is 4.79 Å². The van der Waals surface area contributed by atoms with E-state index in [-0.39, 0.29) is 0 Å². The molecule has 0 bridgehead atoms. The van der Waals surface area contributed by atoms with Crippen LogP contribution in [0.2, 0.25) is 0 Å². The molecule has 1 unspecified atom stereocenters. The first-order valence-corrected chi connectivity index (χ1v) is 6.77. The molecule has 0 saturated heterocycles. The number of carbonyl (C=O) groups excluding carboxylic acids is 1. The third-order valence-corrected chi connectivity index (χ3v) is 3.34. The van der Waals surface area contributed by atoms with Crippen molar-refractivity contribution in [2.75, 3.05) is 12.8 Å². The van der Waals surface area contributed by atoms with Gasteiger partial charge in [0.15, 0.2) is 6.10 Å². The molecule has 19 heavy (non-hydrogen) atoms. The van der Waals surface area contributed by atoms with E-state index >= 15 is 0 Å². The van der Waals surface area contributed by atoms with Crippen molar-refractivity contribution in [3.63, 3.8) is 0 Å². The zero-order chi connectivity index (χ0) is 14.8. The lowest BCUT2D eigenvalue weighted by atomic mass is 10.0. The summed E-state index contributed by atoms with van der Waals surface area (Å²) < 4.78 is 11.4. The smallest absolute Gasteiger partial charge is 0.339 e. The summed E-state index contributed by atoms with van der Waals surface area (Å²) in [7, 11) is 1.34. The van der Waals surface area contributed by atoms with Crippen LogP contribution in [0.5, 0.6) is 0 Å². The molecule has 0 fully saturated rings. The summed E-state index contributed by atoms with van der Waals surface area (Å²) in [5, 5.41) is 0. The van der Waals surface area contributed by atoms with Crippen molar-refractivity contribution in [2.45, 2.75) is 39.4 Å². The highest BCUT2D eigenvalue weighted by Crippen LogP contribution is 2.35. The van der Waals surface area contributed by atoms with Crippen molar-refractivity contribution < 1.29 is 14.3 Å². The predicted octanol–water partition coefficient (Wildman–Crippen LogP) is 3.37. The molecule has 5 heteroatoms. The second-order valence-electron chi connectivity index (χ2n) is 5.31. The average Bonchev–Trinajstić information content (AvgIpc) is 2.30. The summed E-state index contributed by atoms with van der Waals surface area (Å²) in [6.07, 6.45) is -0.803. The molecule has 0 amide bonds. The minimum Gasteiger partial charge on any atom is -0.467 e. The predicted molar refractivity (Wildman–Crippen MR) is 78.9 cm³/mol. The van der Waals surface area contributed by atoms with Gasteiger partial charge < -0.3 is 15.2 Å². The van der Waals surface area contributed by atoms with Gasteiger partial charge in [-0.2, -0.15) is 0 Å². The molecule has 0 aromatic heterocycles. The third kappa shape index (κ3) is 3.94. The van der Waals surface area contributed by atoms with Gasteiger partial charge in [-0.15, -0.1) is 0 Å². The fourth-order valence-corrected chi connectivity index (χ4v) is 2.36. The molecule has 0 spiro atoms. The lowest BCUT2D eigenvalue weighted by molar-refractivity contribution is -0.164. The number of methoxy groups -OCH3 is 1. The molecule has 0 radical (unpaired) electrons. The number of esters is 1. The van der Waals surface area contributed by atoms with Crippen molar-refractivity contribution in [3.8, 4) is 0 Å². The molecule has 0 heterocycles. The van der Waals surface area contributed by atoms with Gasteiger partial charge >= 0.3 is 5.97 Å². The van der Waals surface area contributed by atoms with Crippen LogP contribution in [0.25, 0.3) is 0 Å². The summed E-state index contributed by atoms with van der Waals surface area (Å²) in [5.74, 6) is -0.440. The van der Waals surface area contributed by atoms with Crippen molar-refractivity contribution in [3.05, 3.63) is 27.7 Å². The lowest BCUT2D eigenvalue weighted by Gasteiger charge is -2.28. The van der Waals surface area contributed by atoms with Crippen LogP contribution in [0.1, 0.15) is 38.0 Å². The summed E-state index contributed by atoms with van der Waals surface area (Å²) >= 11 is 3.44. The Bertz CT molecular complexity index is 480. The van der Waals surface area contributed by atoms with Crippen LogP contribution in [-0.4, -0.2) is 18.7 Å². The Hall–Kier alpha value is -1.07. The molecule has 0 aliphatic carbocycles. The Morgan fingerprint density at radius 2 is 1.95 bits per heavy atom. The number of hydrogen-bond donors (Lipinski definition) is 1. The van der Waals surface area contributed by atoms with E-state index in [0.29, 0.717) is 11.3 Å². The number of carbonyl (C=O) groups is 1. The maximum absolute atomic E-state index is 12.0. The maximum Gasteiger partial charge on any atom is 0.339 e. The summed E-state index contributed by atoms with van der Waals surface area (Å²) in [6, 6.07) is 3.59. The summed E-state index contributed by atoms with van der Waals surface area (Å²) in [4.78, 5) is 12.0. The number of nitrogen functional groups attached to an aromatic ring is 1. The topological polar surface area (TPSA) is 61.5 Å². The van der Waals surface area contributed by atoms with Crippen molar-refractivity contribution in [2.24, 2.45) is 0 Å². The van der Waals surface area contributed by atoms with E-state index in [1.807, 2.05) is 27.7 Å². The molecular formula is C14H20BrNO3. The third-order valence-electron chi connectivity index (χ3n) is 2.65. The minimum atomic E-state index is -0.803. The van der Waals surface area contributed by atoms with Gasteiger partial charge in [0.1, 0.15) is 0 Å². The quantitative estimate of drug-likeness (QED) is 0.682. The van der Waals surface area contributed by atoms with E-state index < -0.39 is 17.7 Å². The highest BCUT2D eigenvalue weighted by Gasteiger charge is 2.31. The standard InChI is InChI=1S/C14H20BrNO3/c1-8-10(16)7-6-9(15)11(8)12(13(17)18-5)19-14(2,3)4/h6-7,12H,16H2,1-5H3. The molecule has 1 aromatic rings.